The number of nitrogens with one attached hydrogen (secondary N) is 2. The van der Waals surface area contributed by atoms with Crippen molar-refractivity contribution in [1.82, 2.24) is 29.7 Å². The van der Waals surface area contributed by atoms with Crippen LogP contribution in [0.3, 0.4) is 0 Å². The van der Waals surface area contributed by atoms with Crippen molar-refractivity contribution in [2.75, 3.05) is 99.5 Å². The van der Waals surface area contributed by atoms with Crippen LogP contribution < -0.4 is 20.4 Å². The fraction of sp³-hybridized carbons (Fsp3) is 0.500. The Morgan fingerprint density at radius 1 is 0.667 bits per heavy atom. The molecule has 0 radical (unpaired) electrons. The van der Waals surface area contributed by atoms with Crippen molar-refractivity contribution < 1.29 is 0 Å². The highest BCUT2D eigenvalue weighted by Crippen LogP contribution is 2.28. The Hall–Kier alpha value is -3.76. The summed E-state index contributed by atoms with van der Waals surface area (Å²) in [6.07, 6.45) is 4.46. The first-order chi connectivity index (χ1) is 20.5. The summed E-state index contributed by atoms with van der Waals surface area (Å²) in [4.78, 5) is 28.0. The van der Waals surface area contributed by atoms with Crippen molar-refractivity contribution in [3.8, 4) is 0 Å². The molecular formula is C32H44N10. The van der Waals surface area contributed by atoms with E-state index in [1.165, 1.54) is 11.4 Å². The summed E-state index contributed by atoms with van der Waals surface area (Å²) in [6.45, 7) is 15.7. The molecule has 0 spiro atoms. The number of hydrogen-bond acceptors (Lipinski definition) is 10. The van der Waals surface area contributed by atoms with Gasteiger partial charge in [0.2, 0.25) is 0 Å². The Labute approximate surface area is 249 Å². The van der Waals surface area contributed by atoms with E-state index in [1.54, 1.807) is 12.7 Å². The molecule has 0 aliphatic carbocycles. The molecule has 10 nitrogen and oxygen atoms in total. The van der Waals surface area contributed by atoms with Crippen LogP contribution in [0.5, 0.6) is 0 Å². The fourth-order valence-electron chi connectivity index (χ4n) is 5.87. The summed E-state index contributed by atoms with van der Waals surface area (Å²) < 4.78 is 0. The van der Waals surface area contributed by atoms with E-state index in [1.807, 2.05) is 0 Å². The number of fused-ring (bicyclic) bond motifs is 2. The molecule has 2 aliphatic heterocycles. The smallest absolute Gasteiger partial charge is 0.137 e. The molecule has 0 amide bonds. The van der Waals surface area contributed by atoms with E-state index in [9.17, 15) is 0 Å². The Kier molecular flexibility index (Phi) is 8.81. The van der Waals surface area contributed by atoms with Gasteiger partial charge in [-0.3, -0.25) is 4.90 Å². The van der Waals surface area contributed by atoms with Crippen molar-refractivity contribution in [3.63, 3.8) is 0 Å². The molecule has 2 saturated heterocycles. The lowest BCUT2D eigenvalue weighted by Crippen LogP contribution is -2.46. The van der Waals surface area contributed by atoms with Crippen molar-refractivity contribution in [1.29, 1.82) is 0 Å². The molecule has 0 unspecified atom stereocenters. The van der Waals surface area contributed by atoms with Crippen molar-refractivity contribution in [2.45, 2.75) is 20.3 Å². The molecule has 0 bridgehead atoms. The zero-order valence-electron chi connectivity index (χ0n) is 25.3. The molecule has 42 heavy (non-hydrogen) atoms. The predicted octanol–water partition coefficient (Wildman–Crippen LogP) is 4.02. The van der Waals surface area contributed by atoms with E-state index >= 15 is 0 Å². The van der Waals surface area contributed by atoms with Gasteiger partial charge in [-0.2, -0.15) is 0 Å². The molecule has 6 rings (SSSR count). The summed E-state index contributed by atoms with van der Waals surface area (Å²) in [7, 11) is 2.19. The average Bonchev–Trinajstić information content (AvgIpc) is 3.01. The third kappa shape index (κ3) is 6.65. The fourth-order valence-corrected chi connectivity index (χ4v) is 5.87. The monoisotopic (exact) mass is 568 g/mol. The van der Waals surface area contributed by atoms with Gasteiger partial charge in [0.25, 0.3) is 0 Å². The standard InChI is InChI=1S/C32H44N10/c1-24(2)8-9-33-31-27-6-4-25(20-29(27)35-22-37-31)41-16-18-42(19-17-41)26-5-7-28-30(21-26)36-23-38-32(28)34-10-11-40-14-12-39(3)13-15-40/h4-7,20-24H,8-19H2,1-3H3,(H,33,35,37)(H,34,36,38). The number of benzene rings is 2. The van der Waals surface area contributed by atoms with Gasteiger partial charge in [-0.25, -0.2) is 19.9 Å². The molecule has 2 aliphatic rings. The van der Waals surface area contributed by atoms with E-state index in [0.717, 1.165) is 112 Å². The molecule has 10 heteroatoms. The molecule has 2 N–H and O–H groups in total. The number of nitrogens with zero attached hydrogens (tertiary/aromatic N) is 8. The van der Waals surface area contributed by atoms with Gasteiger partial charge in [0.15, 0.2) is 0 Å². The van der Waals surface area contributed by atoms with Crippen LogP contribution in [-0.2, 0) is 0 Å². The highest BCUT2D eigenvalue weighted by molar-refractivity contribution is 5.92. The lowest BCUT2D eigenvalue weighted by atomic mass is 10.1. The first-order valence-electron chi connectivity index (χ1n) is 15.4. The molecule has 2 fully saturated rings. The molecule has 4 aromatic rings. The molecular weight excluding hydrogens is 524 g/mol. The van der Waals surface area contributed by atoms with Crippen LogP contribution in [0.2, 0.25) is 0 Å². The van der Waals surface area contributed by atoms with E-state index in [-0.39, 0.29) is 0 Å². The highest BCUT2D eigenvalue weighted by Gasteiger charge is 2.19. The molecule has 2 aromatic carbocycles. The summed E-state index contributed by atoms with van der Waals surface area (Å²) in [5, 5.41) is 9.21. The average molecular weight is 569 g/mol. The molecule has 4 heterocycles. The lowest BCUT2D eigenvalue weighted by molar-refractivity contribution is 0.158. The van der Waals surface area contributed by atoms with Gasteiger partial charge >= 0.3 is 0 Å². The number of likely N-dealkylation sites (N-methyl/N-ethyl adjacent to an activating group) is 1. The first-order valence-corrected chi connectivity index (χ1v) is 15.4. The van der Waals surface area contributed by atoms with Crippen molar-refractivity contribution in [2.24, 2.45) is 5.92 Å². The van der Waals surface area contributed by atoms with Gasteiger partial charge in [-0.05, 0) is 55.8 Å². The van der Waals surface area contributed by atoms with Gasteiger partial charge in [0, 0.05) is 94.1 Å². The van der Waals surface area contributed by atoms with Gasteiger partial charge in [-0.1, -0.05) is 13.8 Å². The van der Waals surface area contributed by atoms with Crippen LogP contribution in [0.1, 0.15) is 20.3 Å². The molecule has 222 valence electrons. The van der Waals surface area contributed by atoms with Crippen LogP contribution >= 0.6 is 0 Å². The van der Waals surface area contributed by atoms with Crippen molar-refractivity contribution in [3.05, 3.63) is 49.1 Å². The molecule has 0 saturated carbocycles. The quantitative estimate of drug-likeness (QED) is 0.293. The lowest BCUT2D eigenvalue weighted by Gasteiger charge is -2.37. The van der Waals surface area contributed by atoms with Crippen LogP contribution in [0.25, 0.3) is 21.8 Å². The maximum atomic E-state index is 4.61. The third-order valence-electron chi connectivity index (χ3n) is 8.58. The largest absolute Gasteiger partial charge is 0.369 e. The first kappa shape index (κ1) is 28.4. The topological polar surface area (TPSA) is 88.6 Å². The summed E-state index contributed by atoms with van der Waals surface area (Å²) >= 11 is 0. The zero-order valence-corrected chi connectivity index (χ0v) is 25.3. The van der Waals surface area contributed by atoms with Crippen LogP contribution in [0.4, 0.5) is 23.0 Å². The minimum Gasteiger partial charge on any atom is -0.369 e. The second kappa shape index (κ2) is 13.0. The number of anilines is 4. The molecule has 2 aromatic heterocycles. The number of piperazine rings is 2. The third-order valence-corrected chi connectivity index (χ3v) is 8.58. The van der Waals surface area contributed by atoms with Gasteiger partial charge in [0.05, 0.1) is 11.0 Å². The van der Waals surface area contributed by atoms with Crippen LogP contribution in [0, 0.1) is 5.92 Å². The maximum Gasteiger partial charge on any atom is 0.137 e. The Balaban J connectivity index is 1.06. The summed E-state index contributed by atoms with van der Waals surface area (Å²) in [6, 6.07) is 13.2. The predicted molar refractivity (Wildman–Crippen MR) is 174 cm³/mol. The number of aromatic nitrogens is 4. The minimum atomic E-state index is 0.663. The number of hydrogen-bond donors (Lipinski definition) is 2. The minimum absolute atomic E-state index is 0.663. The van der Waals surface area contributed by atoms with Crippen molar-refractivity contribution >= 4 is 44.8 Å². The van der Waals surface area contributed by atoms with E-state index in [0.29, 0.717) is 5.92 Å². The number of rotatable bonds is 10. The van der Waals surface area contributed by atoms with Crippen LogP contribution in [0.15, 0.2) is 49.1 Å². The van der Waals surface area contributed by atoms with E-state index in [2.05, 4.69) is 107 Å². The van der Waals surface area contributed by atoms with E-state index in [4.69, 9.17) is 0 Å². The Morgan fingerprint density at radius 2 is 1.19 bits per heavy atom. The van der Waals surface area contributed by atoms with Gasteiger partial charge in [-0.15, -0.1) is 0 Å². The summed E-state index contributed by atoms with van der Waals surface area (Å²) in [5.41, 5.74) is 4.40. The second-order valence-electron chi connectivity index (χ2n) is 12.0. The maximum absolute atomic E-state index is 4.61. The Morgan fingerprint density at radius 3 is 1.71 bits per heavy atom. The van der Waals surface area contributed by atoms with E-state index < -0.39 is 0 Å². The SMILES string of the molecule is CC(C)CCNc1ncnc2cc(N3CCN(c4ccc5c(NCCN6CCN(C)CC6)ncnc5c4)CC3)ccc12. The summed E-state index contributed by atoms with van der Waals surface area (Å²) in [5.74, 6) is 2.50. The highest BCUT2D eigenvalue weighted by atomic mass is 15.3. The van der Waals surface area contributed by atoms with Crippen LogP contribution in [-0.4, -0.2) is 109 Å². The second-order valence-corrected chi connectivity index (χ2v) is 12.0. The Bertz CT molecular complexity index is 1480. The molecule has 0 atom stereocenters. The van der Waals surface area contributed by atoms with Gasteiger partial charge in [0.1, 0.15) is 24.3 Å². The zero-order chi connectivity index (χ0) is 28.9. The van der Waals surface area contributed by atoms with Gasteiger partial charge < -0.3 is 25.3 Å². The normalized spacial score (nSPS) is 17.0.